The SMILES string of the molecule is CC[N+](CC)=C1C=C(Nc2ccccc2)SC(C)(C)C1. The van der Waals surface area contributed by atoms with Gasteiger partial charge in [-0.2, -0.15) is 0 Å². The minimum Gasteiger partial charge on any atom is -0.350 e. The Morgan fingerprint density at radius 2 is 1.80 bits per heavy atom. The predicted molar refractivity (Wildman–Crippen MR) is 90.8 cm³/mol. The van der Waals surface area contributed by atoms with Gasteiger partial charge in [-0.25, -0.2) is 4.58 Å². The zero-order chi connectivity index (χ0) is 14.6. The van der Waals surface area contributed by atoms with Gasteiger partial charge in [-0.3, -0.25) is 0 Å². The molecule has 3 heteroatoms. The first kappa shape index (κ1) is 15.2. The van der Waals surface area contributed by atoms with E-state index in [1.807, 2.05) is 17.8 Å². The number of allylic oxidation sites excluding steroid dienone is 1. The van der Waals surface area contributed by atoms with Crippen molar-refractivity contribution in [2.24, 2.45) is 0 Å². The zero-order valence-corrected chi connectivity index (χ0v) is 13.8. The first-order valence-electron chi connectivity index (χ1n) is 7.37. The summed E-state index contributed by atoms with van der Waals surface area (Å²) in [6.07, 6.45) is 3.44. The molecule has 0 bridgehead atoms. The molecule has 0 spiro atoms. The van der Waals surface area contributed by atoms with E-state index in [1.165, 1.54) is 10.7 Å². The van der Waals surface area contributed by atoms with Crippen molar-refractivity contribution in [1.29, 1.82) is 0 Å². The van der Waals surface area contributed by atoms with E-state index < -0.39 is 0 Å². The van der Waals surface area contributed by atoms with Crippen molar-refractivity contribution in [3.8, 4) is 0 Å². The van der Waals surface area contributed by atoms with Crippen LogP contribution in [0.3, 0.4) is 0 Å². The molecule has 0 aliphatic carbocycles. The van der Waals surface area contributed by atoms with Gasteiger partial charge < -0.3 is 5.32 Å². The highest BCUT2D eigenvalue weighted by Gasteiger charge is 2.31. The smallest absolute Gasteiger partial charge is 0.180 e. The monoisotopic (exact) mass is 289 g/mol. The van der Waals surface area contributed by atoms with Gasteiger partial charge in [-0.15, -0.1) is 11.8 Å². The van der Waals surface area contributed by atoms with Gasteiger partial charge in [0.25, 0.3) is 0 Å². The van der Waals surface area contributed by atoms with Gasteiger partial charge >= 0.3 is 0 Å². The topological polar surface area (TPSA) is 15.0 Å². The second-order valence-corrected chi connectivity index (χ2v) is 7.45. The molecule has 0 amide bonds. The van der Waals surface area contributed by atoms with E-state index >= 15 is 0 Å². The van der Waals surface area contributed by atoms with Crippen LogP contribution in [0.1, 0.15) is 34.1 Å². The van der Waals surface area contributed by atoms with E-state index in [0.717, 1.165) is 25.2 Å². The first-order chi connectivity index (χ1) is 9.54. The fraction of sp³-hybridized carbons (Fsp3) is 0.471. The largest absolute Gasteiger partial charge is 0.350 e. The molecule has 20 heavy (non-hydrogen) atoms. The number of anilines is 1. The van der Waals surface area contributed by atoms with Crippen molar-refractivity contribution in [2.75, 3.05) is 18.4 Å². The molecule has 1 heterocycles. The lowest BCUT2D eigenvalue weighted by Crippen LogP contribution is -2.31. The van der Waals surface area contributed by atoms with Gasteiger partial charge in [-0.05, 0) is 39.8 Å². The number of nitrogens with zero attached hydrogens (tertiary/aromatic N) is 1. The van der Waals surface area contributed by atoms with Crippen molar-refractivity contribution in [2.45, 2.75) is 38.9 Å². The molecule has 0 saturated carbocycles. The molecule has 1 aromatic carbocycles. The molecule has 1 aromatic rings. The molecule has 0 radical (unpaired) electrons. The third-order valence-electron chi connectivity index (χ3n) is 3.50. The van der Waals surface area contributed by atoms with Gasteiger partial charge in [0.15, 0.2) is 5.71 Å². The second kappa shape index (κ2) is 6.49. The summed E-state index contributed by atoms with van der Waals surface area (Å²) >= 11 is 1.93. The van der Waals surface area contributed by atoms with E-state index in [0.29, 0.717) is 0 Å². The molecule has 2 rings (SSSR count). The highest BCUT2D eigenvalue weighted by molar-refractivity contribution is 8.04. The first-order valence-corrected chi connectivity index (χ1v) is 8.19. The predicted octanol–water partition coefficient (Wildman–Crippen LogP) is 4.35. The van der Waals surface area contributed by atoms with E-state index in [-0.39, 0.29) is 4.75 Å². The van der Waals surface area contributed by atoms with Gasteiger partial charge in [0.1, 0.15) is 13.1 Å². The second-order valence-electron chi connectivity index (χ2n) is 5.70. The van der Waals surface area contributed by atoms with Crippen molar-refractivity contribution in [3.05, 3.63) is 41.4 Å². The van der Waals surface area contributed by atoms with E-state index in [9.17, 15) is 0 Å². The standard InChI is InChI=1S/C17H24N2S/c1-5-19(6-2)15-12-16(20-17(3,4)13-15)18-14-10-8-7-9-11-14/h7-12H,5-6,13H2,1-4H3/p+1. The number of para-hydroxylation sites is 1. The summed E-state index contributed by atoms with van der Waals surface area (Å²) in [5, 5.41) is 4.79. The maximum absolute atomic E-state index is 3.55. The van der Waals surface area contributed by atoms with E-state index in [2.05, 4.69) is 67.9 Å². The minimum absolute atomic E-state index is 0.240. The Balaban J connectivity index is 2.29. The number of hydrogen-bond donors (Lipinski definition) is 1. The Morgan fingerprint density at radius 1 is 1.15 bits per heavy atom. The third kappa shape index (κ3) is 3.89. The Kier molecular flexibility index (Phi) is 4.92. The van der Waals surface area contributed by atoms with Gasteiger partial charge in [0.05, 0.1) is 5.03 Å². The lowest BCUT2D eigenvalue weighted by Gasteiger charge is -2.29. The normalized spacial score (nSPS) is 17.6. The molecule has 1 aliphatic rings. The molecule has 0 aromatic heterocycles. The average Bonchev–Trinajstić information content (AvgIpc) is 2.39. The van der Waals surface area contributed by atoms with Crippen LogP contribution in [0.5, 0.6) is 0 Å². The van der Waals surface area contributed by atoms with Crippen LogP contribution < -0.4 is 5.32 Å². The van der Waals surface area contributed by atoms with Crippen molar-refractivity contribution < 1.29 is 4.58 Å². The number of thioether (sulfide) groups is 1. The lowest BCUT2D eigenvalue weighted by molar-refractivity contribution is -0.521. The Labute approximate surface area is 127 Å². The van der Waals surface area contributed by atoms with Crippen molar-refractivity contribution in [1.82, 2.24) is 0 Å². The van der Waals surface area contributed by atoms with E-state index in [1.54, 1.807) is 0 Å². The number of nitrogens with one attached hydrogen (secondary N) is 1. The van der Waals surface area contributed by atoms with Crippen LogP contribution in [0, 0.1) is 0 Å². The zero-order valence-electron chi connectivity index (χ0n) is 12.9. The van der Waals surface area contributed by atoms with Crippen molar-refractivity contribution >= 4 is 23.2 Å². The van der Waals surface area contributed by atoms with E-state index in [4.69, 9.17) is 0 Å². The fourth-order valence-corrected chi connectivity index (χ4v) is 3.74. The van der Waals surface area contributed by atoms with Crippen LogP contribution >= 0.6 is 11.8 Å². The maximum atomic E-state index is 3.55. The number of benzene rings is 1. The summed E-state index contributed by atoms with van der Waals surface area (Å²) in [5.74, 6) is 0. The Bertz CT molecular complexity index is 509. The summed E-state index contributed by atoms with van der Waals surface area (Å²) in [4.78, 5) is 0. The molecule has 108 valence electrons. The van der Waals surface area contributed by atoms with Crippen molar-refractivity contribution in [3.63, 3.8) is 0 Å². The molecule has 2 nitrogen and oxygen atoms in total. The lowest BCUT2D eigenvalue weighted by atomic mass is 10.0. The number of rotatable bonds is 4. The summed E-state index contributed by atoms with van der Waals surface area (Å²) < 4.78 is 2.69. The van der Waals surface area contributed by atoms with Gasteiger partial charge in [-0.1, -0.05) is 18.2 Å². The molecule has 1 aliphatic heterocycles. The summed E-state index contributed by atoms with van der Waals surface area (Å²) in [7, 11) is 0. The third-order valence-corrected chi connectivity index (χ3v) is 4.64. The van der Waals surface area contributed by atoms with Gasteiger partial charge in [0.2, 0.25) is 0 Å². The molecule has 0 saturated heterocycles. The number of hydrogen-bond acceptors (Lipinski definition) is 2. The molecular formula is C17H25N2S+. The van der Waals surface area contributed by atoms with Crippen LogP contribution in [0.15, 0.2) is 41.4 Å². The summed E-state index contributed by atoms with van der Waals surface area (Å²) in [5.41, 5.74) is 2.60. The molecule has 0 unspecified atom stereocenters. The van der Waals surface area contributed by atoms with Gasteiger partial charge in [0, 0.05) is 22.9 Å². The summed E-state index contributed by atoms with van der Waals surface area (Å²) in [6, 6.07) is 10.4. The quantitative estimate of drug-likeness (QED) is 0.829. The maximum Gasteiger partial charge on any atom is 0.180 e. The fourth-order valence-electron chi connectivity index (χ4n) is 2.56. The van der Waals surface area contributed by atoms with Crippen LogP contribution in [-0.2, 0) is 0 Å². The molecular weight excluding hydrogens is 264 g/mol. The average molecular weight is 289 g/mol. The van der Waals surface area contributed by atoms with Crippen LogP contribution in [0.25, 0.3) is 0 Å². The van der Waals surface area contributed by atoms with Crippen LogP contribution in [0.4, 0.5) is 5.69 Å². The Morgan fingerprint density at radius 3 is 2.40 bits per heavy atom. The van der Waals surface area contributed by atoms with Crippen LogP contribution in [-0.4, -0.2) is 28.1 Å². The minimum atomic E-state index is 0.240. The molecule has 0 fully saturated rings. The summed E-state index contributed by atoms with van der Waals surface area (Å²) in [6.45, 7) is 11.2. The molecule has 0 atom stereocenters. The molecule has 1 N–H and O–H groups in total. The highest BCUT2D eigenvalue weighted by Crippen LogP contribution is 2.39. The Hall–Kier alpha value is -1.22. The van der Waals surface area contributed by atoms with Crippen LogP contribution in [0.2, 0.25) is 0 Å². The highest BCUT2D eigenvalue weighted by atomic mass is 32.2.